The Hall–Kier alpha value is -3.42. The number of amides is 1. The number of nitro groups is 1. The van der Waals surface area contributed by atoms with Gasteiger partial charge in [-0.05, 0) is 24.5 Å². The molecule has 148 valence electrons. The highest BCUT2D eigenvalue weighted by atomic mass is 16.6. The normalized spacial score (nSPS) is 12.5. The van der Waals surface area contributed by atoms with Crippen LogP contribution in [0.2, 0.25) is 0 Å². The maximum Gasteiger partial charge on any atom is 0.307 e. The Bertz CT molecular complexity index is 853. The molecule has 0 aromatic heterocycles. The first-order valence-electron chi connectivity index (χ1n) is 8.69. The number of anilines is 1. The minimum Gasteiger partial charge on any atom is -0.494 e. The number of ether oxygens (including phenoxy) is 2. The molecule has 2 atom stereocenters. The van der Waals surface area contributed by atoms with Crippen LogP contribution in [0.15, 0.2) is 48.5 Å². The third kappa shape index (κ3) is 5.54. The van der Waals surface area contributed by atoms with E-state index < -0.39 is 22.9 Å². The summed E-state index contributed by atoms with van der Waals surface area (Å²) in [6.07, 6.45) is -0.891. The number of hydrogen-bond acceptors (Lipinski definition) is 6. The van der Waals surface area contributed by atoms with Gasteiger partial charge in [0.1, 0.15) is 5.75 Å². The molecule has 0 unspecified atom stereocenters. The fourth-order valence-corrected chi connectivity index (χ4v) is 2.58. The van der Waals surface area contributed by atoms with Gasteiger partial charge in [-0.25, -0.2) is 0 Å². The molecule has 0 saturated heterocycles. The summed E-state index contributed by atoms with van der Waals surface area (Å²) in [5, 5.41) is 13.4. The molecule has 8 nitrogen and oxygen atoms in total. The molecule has 0 bridgehead atoms. The fourth-order valence-electron chi connectivity index (χ4n) is 2.58. The first-order valence-corrected chi connectivity index (χ1v) is 8.69. The van der Waals surface area contributed by atoms with Crippen LogP contribution in [0.3, 0.4) is 0 Å². The molecule has 1 amide bonds. The number of benzene rings is 2. The number of hydrogen-bond donors (Lipinski definition) is 1. The zero-order valence-electron chi connectivity index (χ0n) is 15.9. The first-order chi connectivity index (χ1) is 13.3. The van der Waals surface area contributed by atoms with E-state index in [0.717, 1.165) is 5.56 Å². The van der Waals surface area contributed by atoms with Crippen molar-refractivity contribution in [2.45, 2.75) is 32.3 Å². The van der Waals surface area contributed by atoms with Crippen molar-refractivity contribution in [2.75, 3.05) is 12.4 Å². The molecule has 2 aromatic carbocycles. The SMILES string of the molecule is COc1cc([N+](=O)[O-])ccc1NC(=O)[C@@H](C)OC(=O)C[C@@H](C)c1ccccc1. The smallest absolute Gasteiger partial charge is 0.307 e. The molecule has 1 N–H and O–H groups in total. The van der Waals surface area contributed by atoms with Crippen molar-refractivity contribution >= 4 is 23.3 Å². The highest BCUT2D eigenvalue weighted by molar-refractivity contribution is 5.96. The van der Waals surface area contributed by atoms with Crippen molar-refractivity contribution in [3.05, 3.63) is 64.2 Å². The minimum atomic E-state index is -1.03. The number of nitro benzene ring substituents is 1. The quantitative estimate of drug-likeness (QED) is 0.421. The predicted octanol–water partition coefficient (Wildman–Crippen LogP) is 3.67. The molecular weight excluding hydrogens is 364 g/mol. The van der Waals surface area contributed by atoms with Gasteiger partial charge in [0.25, 0.3) is 11.6 Å². The van der Waals surface area contributed by atoms with Crippen LogP contribution in [0.25, 0.3) is 0 Å². The summed E-state index contributed by atoms with van der Waals surface area (Å²) < 4.78 is 10.3. The number of esters is 1. The summed E-state index contributed by atoms with van der Waals surface area (Å²) in [6.45, 7) is 3.36. The van der Waals surface area contributed by atoms with Gasteiger partial charge in [-0.3, -0.25) is 19.7 Å². The molecule has 0 spiro atoms. The lowest BCUT2D eigenvalue weighted by Gasteiger charge is -2.16. The van der Waals surface area contributed by atoms with Gasteiger partial charge in [0, 0.05) is 6.07 Å². The van der Waals surface area contributed by atoms with Crippen molar-refractivity contribution in [3.8, 4) is 5.75 Å². The summed E-state index contributed by atoms with van der Waals surface area (Å²) in [5.74, 6) is -0.958. The second-order valence-corrected chi connectivity index (χ2v) is 6.28. The van der Waals surface area contributed by atoms with Crippen LogP contribution in [-0.4, -0.2) is 30.0 Å². The van der Waals surface area contributed by atoms with Gasteiger partial charge in [0.05, 0.1) is 30.2 Å². The maximum atomic E-state index is 12.3. The topological polar surface area (TPSA) is 108 Å². The summed E-state index contributed by atoms with van der Waals surface area (Å²) in [4.78, 5) is 34.7. The van der Waals surface area contributed by atoms with Gasteiger partial charge >= 0.3 is 5.97 Å². The number of methoxy groups -OCH3 is 1. The van der Waals surface area contributed by atoms with E-state index in [2.05, 4.69) is 5.32 Å². The van der Waals surface area contributed by atoms with Crippen LogP contribution in [-0.2, 0) is 14.3 Å². The van der Waals surface area contributed by atoms with Crippen LogP contribution >= 0.6 is 0 Å². The van der Waals surface area contributed by atoms with Crippen LogP contribution in [0, 0.1) is 10.1 Å². The molecule has 2 rings (SSSR count). The van der Waals surface area contributed by atoms with Gasteiger partial charge in [-0.15, -0.1) is 0 Å². The Morgan fingerprint density at radius 1 is 1.14 bits per heavy atom. The lowest BCUT2D eigenvalue weighted by Crippen LogP contribution is -2.30. The maximum absolute atomic E-state index is 12.3. The molecule has 0 heterocycles. The molecule has 0 radical (unpaired) electrons. The lowest BCUT2D eigenvalue weighted by atomic mass is 9.98. The van der Waals surface area contributed by atoms with Crippen molar-refractivity contribution in [2.24, 2.45) is 0 Å². The average Bonchev–Trinajstić information content (AvgIpc) is 2.68. The van der Waals surface area contributed by atoms with E-state index in [1.54, 1.807) is 0 Å². The molecule has 2 aromatic rings. The van der Waals surface area contributed by atoms with Crippen molar-refractivity contribution in [1.29, 1.82) is 0 Å². The number of carbonyl (C=O) groups is 2. The summed E-state index contributed by atoms with van der Waals surface area (Å²) in [6, 6.07) is 13.3. The van der Waals surface area contributed by atoms with E-state index in [0.29, 0.717) is 0 Å². The van der Waals surface area contributed by atoms with Gasteiger partial charge < -0.3 is 14.8 Å². The van der Waals surface area contributed by atoms with E-state index >= 15 is 0 Å². The predicted molar refractivity (Wildman–Crippen MR) is 103 cm³/mol. The van der Waals surface area contributed by atoms with E-state index in [9.17, 15) is 19.7 Å². The largest absolute Gasteiger partial charge is 0.494 e. The second kappa shape index (κ2) is 9.50. The summed E-state index contributed by atoms with van der Waals surface area (Å²) in [7, 11) is 1.34. The van der Waals surface area contributed by atoms with Crippen LogP contribution < -0.4 is 10.1 Å². The first kappa shape index (κ1) is 20.9. The minimum absolute atomic E-state index is 0.0428. The average molecular weight is 386 g/mol. The van der Waals surface area contributed by atoms with Crippen molar-refractivity contribution in [3.63, 3.8) is 0 Å². The summed E-state index contributed by atoms with van der Waals surface area (Å²) in [5.41, 5.74) is 1.09. The van der Waals surface area contributed by atoms with Gasteiger partial charge in [-0.2, -0.15) is 0 Å². The van der Waals surface area contributed by atoms with Crippen molar-refractivity contribution in [1.82, 2.24) is 0 Å². The fraction of sp³-hybridized carbons (Fsp3) is 0.300. The molecule has 0 aliphatic rings. The highest BCUT2D eigenvalue weighted by Crippen LogP contribution is 2.29. The van der Waals surface area contributed by atoms with E-state index in [4.69, 9.17) is 9.47 Å². The Morgan fingerprint density at radius 3 is 2.43 bits per heavy atom. The van der Waals surface area contributed by atoms with E-state index in [-0.39, 0.29) is 29.5 Å². The third-order valence-electron chi connectivity index (χ3n) is 4.17. The highest BCUT2D eigenvalue weighted by Gasteiger charge is 2.21. The zero-order chi connectivity index (χ0) is 20.7. The molecule has 0 aliphatic heterocycles. The van der Waals surface area contributed by atoms with Crippen molar-refractivity contribution < 1.29 is 24.0 Å². The van der Waals surface area contributed by atoms with Gasteiger partial charge in [0.15, 0.2) is 6.10 Å². The Balaban J connectivity index is 1.95. The van der Waals surface area contributed by atoms with Gasteiger partial charge in [-0.1, -0.05) is 37.3 Å². The Labute approximate surface area is 162 Å². The standard InChI is InChI=1S/C20H22N2O6/c1-13(15-7-5-4-6-8-15)11-19(23)28-14(2)20(24)21-17-10-9-16(22(25)26)12-18(17)27-3/h4-10,12-14H,11H2,1-3H3,(H,21,24)/t13-,14-/m1/s1. The van der Waals surface area contributed by atoms with E-state index in [1.165, 1.54) is 32.2 Å². The van der Waals surface area contributed by atoms with Crippen LogP contribution in [0.5, 0.6) is 5.75 Å². The van der Waals surface area contributed by atoms with E-state index in [1.807, 2.05) is 37.3 Å². The monoisotopic (exact) mass is 386 g/mol. The Morgan fingerprint density at radius 2 is 1.82 bits per heavy atom. The zero-order valence-corrected chi connectivity index (χ0v) is 15.9. The molecule has 0 saturated carbocycles. The summed E-state index contributed by atoms with van der Waals surface area (Å²) >= 11 is 0. The number of nitrogens with zero attached hydrogens (tertiary/aromatic N) is 1. The van der Waals surface area contributed by atoms with Gasteiger partial charge in [0.2, 0.25) is 0 Å². The molecule has 0 fully saturated rings. The number of nitrogens with one attached hydrogen (secondary N) is 1. The number of non-ortho nitro benzene ring substituents is 1. The lowest BCUT2D eigenvalue weighted by molar-refractivity contribution is -0.384. The number of rotatable bonds is 8. The molecule has 0 aliphatic carbocycles. The third-order valence-corrected chi connectivity index (χ3v) is 4.17. The molecule has 8 heteroatoms. The molecule has 28 heavy (non-hydrogen) atoms. The second-order valence-electron chi connectivity index (χ2n) is 6.28. The molecular formula is C20H22N2O6. The van der Waals surface area contributed by atoms with Crippen LogP contribution in [0.4, 0.5) is 11.4 Å². The van der Waals surface area contributed by atoms with Crippen LogP contribution in [0.1, 0.15) is 31.7 Å². The Kier molecular flexibility index (Phi) is 7.08. The number of carbonyl (C=O) groups excluding carboxylic acids is 2.